The molecule has 0 saturated heterocycles. The third kappa shape index (κ3) is 4.13. The summed E-state index contributed by atoms with van der Waals surface area (Å²) in [6.45, 7) is 3.58. The molecule has 0 aliphatic heterocycles. The van der Waals surface area contributed by atoms with Crippen molar-refractivity contribution in [1.29, 1.82) is 0 Å². The molecule has 0 aromatic heterocycles. The van der Waals surface area contributed by atoms with Crippen LogP contribution in [0.2, 0.25) is 6.04 Å². The number of allylic oxidation sites excluding steroid dienone is 1. The maximum absolute atomic E-state index is 5.53. The third-order valence-electron chi connectivity index (χ3n) is 0.538. The molecule has 0 aliphatic carbocycles. The predicted molar refractivity (Wildman–Crippen MR) is 36.3 cm³/mol. The van der Waals surface area contributed by atoms with Gasteiger partial charge in [0, 0.05) is 9.76 Å². The van der Waals surface area contributed by atoms with Crippen LogP contribution in [0.3, 0.4) is 0 Å². The SMILES string of the molecule is C=CC[SiH](N)[SiH3]. The molecule has 1 atom stereocenters. The second-order valence-corrected chi connectivity index (χ2v) is 8.38. The average molecular weight is 117 g/mol. The van der Waals surface area contributed by atoms with Crippen molar-refractivity contribution in [2.75, 3.05) is 0 Å². The van der Waals surface area contributed by atoms with Crippen molar-refractivity contribution in [2.45, 2.75) is 6.04 Å². The molecule has 0 aromatic rings. The summed E-state index contributed by atoms with van der Waals surface area (Å²) in [7, 11) is 0.574. The largest absolute Gasteiger partial charge is 0.355 e. The van der Waals surface area contributed by atoms with Crippen LogP contribution in [-0.2, 0) is 0 Å². The predicted octanol–water partition coefficient (Wildman–Crippen LogP) is -1.28. The Labute approximate surface area is 43.1 Å². The molecule has 1 nitrogen and oxygen atoms in total. The van der Waals surface area contributed by atoms with Crippen molar-refractivity contribution in [1.82, 2.24) is 0 Å². The van der Waals surface area contributed by atoms with Crippen LogP contribution in [0, 0.1) is 0 Å². The number of hydrogen-bond donors (Lipinski definition) is 1. The summed E-state index contributed by atoms with van der Waals surface area (Å²) >= 11 is 0. The molecule has 6 heavy (non-hydrogen) atoms. The molecule has 0 saturated carbocycles. The van der Waals surface area contributed by atoms with Gasteiger partial charge < -0.3 is 5.40 Å². The molecule has 0 amide bonds. The van der Waals surface area contributed by atoms with Gasteiger partial charge in [0.2, 0.25) is 0 Å². The Hall–Kier alpha value is 0.134. The molecule has 0 radical (unpaired) electrons. The molecule has 36 valence electrons. The van der Waals surface area contributed by atoms with E-state index in [1.54, 1.807) is 0 Å². The van der Waals surface area contributed by atoms with E-state index in [1.807, 2.05) is 6.08 Å². The molecular formula is C3H11NSi2. The summed E-state index contributed by atoms with van der Waals surface area (Å²) in [4.78, 5) is 0. The van der Waals surface area contributed by atoms with Crippen molar-refractivity contribution in [3.63, 3.8) is 0 Å². The normalized spacial score (nSPS) is 14.2. The first-order valence-corrected chi connectivity index (χ1v) is 8.24. The van der Waals surface area contributed by atoms with Crippen LogP contribution < -0.4 is 5.40 Å². The van der Waals surface area contributed by atoms with Crippen molar-refractivity contribution in [3.05, 3.63) is 12.7 Å². The second-order valence-electron chi connectivity index (χ2n) is 1.50. The fourth-order valence-electron chi connectivity index (χ4n) is 0.263. The van der Waals surface area contributed by atoms with Crippen molar-refractivity contribution in [3.8, 4) is 0 Å². The summed E-state index contributed by atoms with van der Waals surface area (Å²) < 4.78 is 0. The maximum Gasteiger partial charge on any atom is 0.0887 e. The Bertz CT molecular complexity index is 44.1. The number of rotatable bonds is 2. The lowest BCUT2D eigenvalue weighted by Crippen LogP contribution is -2.24. The maximum atomic E-state index is 5.53. The Morgan fingerprint density at radius 3 is 2.50 bits per heavy atom. The lowest BCUT2D eigenvalue weighted by Gasteiger charge is -1.90. The Morgan fingerprint density at radius 2 is 2.50 bits per heavy atom. The van der Waals surface area contributed by atoms with Crippen LogP contribution in [0.15, 0.2) is 12.7 Å². The first-order chi connectivity index (χ1) is 2.77. The van der Waals surface area contributed by atoms with Crippen LogP contribution in [-0.4, -0.2) is 18.2 Å². The summed E-state index contributed by atoms with van der Waals surface area (Å²) in [6, 6.07) is 1.12. The number of nitrogens with two attached hydrogens (primary N) is 1. The van der Waals surface area contributed by atoms with Crippen molar-refractivity contribution in [2.24, 2.45) is 5.40 Å². The van der Waals surface area contributed by atoms with Crippen LogP contribution in [0.25, 0.3) is 0 Å². The molecule has 0 fully saturated rings. The highest BCUT2D eigenvalue weighted by Gasteiger charge is 1.86. The van der Waals surface area contributed by atoms with E-state index in [9.17, 15) is 0 Å². The molecule has 0 bridgehead atoms. The van der Waals surface area contributed by atoms with Crippen LogP contribution in [0.5, 0.6) is 0 Å². The van der Waals surface area contributed by atoms with Gasteiger partial charge in [0.15, 0.2) is 0 Å². The minimum atomic E-state index is -0.650. The van der Waals surface area contributed by atoms with Gasteiger partial charge in [-0.25, -0.2) is 0 Å². The van der Waals surface area contributed by atoms with Gasteiger partial charge in [-0.1, -0.05) is 6.08 Å². The van der Waals surface area contributed by atoms with Crippen LogP contribution in [0.4, 0.5) is 0 Å². The van der Waals surface area contributed by atoms with Gasteiger partial charge in [-0.05, 0) is 6.04 Å². The molecule has 0 aromatic carbocycles. The van der Waals surface area contributed by atoms with E-state index >= 15 is 0 Å². The van der Waals surface area contributed by atoms with Crippen LogP contribution >= 0.6 is 0 Å². The van der Waals surface area contributed by atoms with Gasteiger partial charge in [-0.15, -0.1) is 6.58 Å². The topological polar surface area (TPSA) is 26.0 Å². The van der Waals surface area contributed by atoms with Gasteiger partial charge in [0.1, 0.15) is 0 Å². The first kappa shape index (κ1) is 6.13. The van der Waals surface area contributed by atoms with E-state index < -0.39 is 8.48 Å². The number of hydrogen-bond acceptors (Lipinski definition) is 1. The summed E-state index contributed by atoms with van der Waals surface area (Å²) in [5, 5.41) is 5.53. The monoisotopic (exact) mass is 117 g/mol. The van der Waals surface area contributed by atoms with E-state index in [2.05, 4.69) is 6.58 Å². The summed E-state index contributed by atoms with van der Waals surface area (Å²) in [6.07, 6.45) is 1.92. The zero-order valence-corrected chi connectivity index (χ0v) is 7.30. The zero-order valence-electron chi connectivity index (χ0n) is 4.15. The average Bonchev–Trinajstić information content (AvgIpc) is 1.35. The minimum Gasteiger partial charge on any atom is -0.355 e. The highest BCUT2D eigenvalue weighted by Crippen LogP contribution is 1.76. The van der Waals surface area contributed by atoms with Crippen molar-refractivity contribution >= 4 is 18.2 Å². The van der Waals surface area contributed by atoms with E-state index in [-0.39, 0.29) is 0 Å². The Morgan fingerprint density at radius 1 is 2.00 bits per heavy atom. The van der Waals surface area contributed by atoms with E-state index in [0.717, 1.165) is 6.04 Å². The highest BCUT2D eigenvalue weighted by molar-refractivity contribution is 7.01. The van der Waals surface area contributed by atoms with Gasteiger partial charge >= 0.3 is 0 Å². The summed E-state index contributed by atoms with van der Waals surface area (Å²) in [5.41, 5.74) is 0. The molecule has 0 rings (SSSR count). The van der Waals surface area contributed by atoms with Gasteiger partial charge in [0.25, 0.3) is 0 Å². The van der Waals surface area contributed by atoms with E-state index in [1.165, 1.54) is 9.76 Å². The minimum absolute atomic E-state index is 0.650. The van der Waals surface area contributed by atoms with Gasteiger partial charge in [-0.3, -0.25) is 0 Å². The summed E-state index contributed by atoms with van der Waals surface area (Å²) in [5.74, 6) is 0. The van der Waals surface area contributed by atoms with Crippen molar-refractivity contribution < 1.29 is 0 Å². The van der Waals surface area contributed by atoms with Crippen LogP contribution in [0.1, 0.15) is 0 Å². The Balaban J connectivity index is 2.81. The van der Waals surface area contributed by atoms with Gasteiger partial charge in [0.05, 0.1) is 8.48 Å². The molecule has 0 aliphatic rings. The highest BCUT2D eigenvalue weighted by atomic mass is 29.2. The fraction of sp³-hybridized carbons (Fsp3) is 0.333. The smallest absolute Gasteiger partial charge is 0.0887 e. The fourth-order valence-corrected chi connectivity index (χ4v) is 1.79. The Kier molecular flexibility index (Phi) is 3.40. The lowest BCUT2D eigenvalue weighted by atomic mass is 10.8. The zero-order chi connectivity index (χ0) is 4.99. The molecule has 0 heterocycles. The first-order valence-electron chi connectivity index (χ1n) is 2.14. The molecule has 1 unspecified atom stereocenters. The molecule has 3 heteroatoms. The molecule has 2 N–H and O–H groups in total. The quantitative estimate of drug-likeness (QED) is 0.354. The standard InChI is InChI=1S/C3H11NSi2/c1-2-3-6(4)5/h2,6H,1,3-4H2,5H3. The van der Waals surface area contributed by atoms with E-state index in [0.29, 0.717) is 0 Å². The van der Waals surface area contributed by atoms with Gasteiger partial charge in [-0.2, -0.15) is 0 Å². The lowest BCUT2D eigenvalue weighted by molar-refractivity contribution is 1.64. The third-order valence-corrected chi connectivity index (χ3v) is 3.03. The molecular weight excluding hydrogens is 106 g/mol. The molecule has 0 spiro atoms. The van der Waals surface area contributed by atoms with E-state index in [4.69, 9.17) is 5.40 Å². The second kappa shape index (κ2) is 3.33.